The molecule has 1 fully saturated rings. The summed E-state index contributed by atoms with van der Waals surface area (Å²) in [5.41, 5.74) is 1.84. The molecule has 0 saturated heterocycles. The maximum atomic E-state index is 12.5. The molecular weight excluding hydrogens is 408 g/mol. The van der Waals surface area contributed by atoms with Gasteiger partial charge in [0.05, 0.1) is 12.2 Å². The summed E-state index contributed by atoms with van der Waals surface area (Å²) >= 11 is 0. The highest BCUT2D eigenvalue weighted by molar-refractivity contribution is 5.91. The highest BCUT2D eigenvalue weighted by Crippen LogP contribution is 2.34. The van der Waals surface area contributed by atoms with Gasteiger partial charge in [-0.2, -0.15) is 0 Å². The summed E-state index contributed by atoms with van der Waals surface area (Å²) in [6, 6.07) is 15.2. The number of rotatable bonds is 13. The molecule has 2 aromatic carbocycles. The first-order valence-electron chi connectivity index (χ1n) is 12.8. The number of carbonyl (C=O) groups excluding carboxylic acids is 1. The third kappa shape index (κ3) is 8.72. The molecule has 0 atom stereocenters. The Kier molecular flexibility index (Phi) is 10.5. The van der Waals surface area contributed by atoms with E-state index < -0.39 is 0 Å². The van der Waals surface area contributed by atoms with Crippen molar-refractivity contribution in [1.29, 1.82) is 0 Å². The van der Waals surface area contributed by atoms with Crippen LogP contribution < -0.4 is 9.47 Å². The molecule has 33 heavy (non-hydrogen) atoms. The van der Waals surface area contributed by atoms with Crippen LogP contribution in [0, 0.1) is 11.8 Å². The Bertz CT molecular complexity index is 830. The lowest BCUT2D eigenvalue weighted by atomic mass is 9.78. The molecule has 2 aromatic rings. The predicted molar refractivity (Wildman–Crippen MR) is 136 cm³/mol. The average Bonchev–Trinajstić information content (AvgIpc) is 2.85. The molecule has 0 unspecified atom stereocenters. The summed E-state index contributed by atoms with van der Waals surface area (Å²) in [5, 5.41) is 0. The summed E-state index contributed by atoms with van der Waals surface area (Å²) in [6.07, 6.45) is 15.7. The van der Waals surface area contributed by atoms with Gasteiger partial charge in [0, 0.05) is 0 Å². The summed E-state index contributed by atoms with van der Waals surface area (Å²) in [4.78, 5) is 12.5. The molecule has 1 aliphatic carbocycles. The Balaban J connectivity index is 1.39. The molecule has 0 aromatic heterocycles. The van der Waals surface area contributed by atoms with Gasteiger partial charge in [-0.25, -0.2) is 4.79 Å². The third-order valence-electron chi connectivity index (χ3n) is 6.80. The molecule has 3 rings (SSSR count). The maximum Gasteiger partial charge on any atom is 0.343 e. The number of hydrogen-bond donors (Lipinski definition) is 0. The Morgan fingerprint density at radius 1 is 0.909 bits per heavy atom. The van der Waals surface area contributed by atoms with Crippen molar-refractivity contribution < 1.29 is 14.3 Å². The third-order valence-corrected chi connectivity index (χ3v) is 6.80. The van der Waals surface area contributed by atoms with Crippen molar-refractivity contribution in [2.24, 2.45) is 11.8 Å². The van der Waals surface area contributed by atoms with Crippen LogP contribution in [-0.4, -0.2) is 12.6 Å². The number of unbranched alkanes of at least 4 members (excludes halogenated alkanes) is 2. The molecule has 1 aliphatic rings. The fourth-order valence-electron chi connectivity index (χ4n) is 4.75. The highest BCUT2D eigenvalue weighted by atomic mass is 16.5. The van der Waals surface area contributed by atoms with Crippen LogP contribution in [0.2, 0.25) is 0 Å². The molecule has 178 valence electrons. The van der Waals surface area contributed by atoms with Crippen molar-refractivity contribution in [2.45, 2.75) is 77.6 Å². The molecule has 0 amide bonds. The van der Waals surface area contributed by atoms with Crippen molar-refractivity contribution in [1.82, 2.24) is 0 Å². The largest absolute Gasteiger partial charge is 0.494 e. The standard InChI is InChI=1S/C30H40O3/c1-3-5-6-7-23-32-28-21-17-27(18-22-28)30(31)33-29-19-15-26(16-20-29)14-13-25-11-9-24(8-4-2)10-12-25/h3,15-22,24-25H,1,4-14,23H2,2H3. The predicted octanol–water partition coefficient (Wildman–Crippen LogP) is 8.18. The Morgan fingerprint density at radius 3 is 2.18 bits per heavy atom. The first-order valence-corrected chi connectivity index (χ1v) is 12.8. The zero-order chi connectivity index (χ0) is 23.3. The second kappa shape index (κ2) is 13.9. The van der Waals surface area contributed by atoms with Crippen molar-refractivity contribution in [3.8, 4) is 11.5 Å². The number of aryl methyl sites for hydroxylation is 1. The number of esters is 1. The van der Waals surface area contributed by atoms with Crippen LogP contribution >= 0.6 is 0 Å². The van der Waals surface area contributed by atoms with Gasteiger partial charge in [-0.1, -0.05) is 63.7 Å². The second-order valence-electron chi connectivity index (χ2n) is 9.40. The van der Waals surface area contributed by atoms with Crippen LogP contribution in [0.5, 0.6) is 11.5 Å². The minimum atomic E-state index is -0.343. The number of ether oxygens (including phenoxy) is 2. The first-order chi connectivity index (χ1) is 16.2. The van der Waals surface area contributed by atoms with Crippen LogP contribution in [0.1, 0.15) is 87.1 Å². The molecule has 0 N–H and O–H groups in total. The lowest BCUT2D eigenvalue weighted by molar-refractivity contribution is 0.0734. The maximum absolute atomic E-state index is 12.5. The fourth-order valence-corrected chi connectivity index (χ4v) is 4.75. The van der Waals surface area contributed by atoms with E-state index >= 15 is 0 Å². The van der Waals surface area contributed by atoms with E-state index in [1.165, 1.54) is 50.5 Å². The summed E-state index contributed by atoms with van der Waals surface area (Å²) < 4.78 is 11.3. The van der Waals surface area contributed by atoms with E-state index in [1.807, 2.05) is 30.3 Å². The first kappa shape index (κ1) is 25.1. The number of carbonyl (C=O) groups is 1. The highest BCUT2D eigenvalue weighted by Gasteiger charge is 2.20. The number of hydrogen-bond acceptors (Lipinski definition) is 3. The van der Waals surface area contributed by atoms with Gasteiger partial charge in [0.25, 0.3) is 0 Å². The van der Waals surface area contributed by atoms with E-state index in [0.29, 0.717) is 17.9 Å². The second-order valence-corrected chi connectivity index (χ2v) is 9.40. The van der Waals surface area contributed by atoms with E-state index in [-0.39, 0.29) is 5.97 Å². The normalized spacial score (nSPS) is 18.0. The van der Waals surface area contributed by atoms with Gasteiger partial charge in [0.1, 0.15) is 11.5 Å². The Morgan fingerprint density at radius 2 is 1.55 bits per heavy atom. The van der Waals surface area contributed by atoms with E-state index in [2.05, 4.69) is 25.6 Å². The molecule has 0 heterocycles. The monoisotopic (exact) mass is 448 g/mol. The van der Waals surface area contributed by atoms with Crippen molar-refractivity contribution in [3.63, 3.8) is 0 Å². The molecule has 1 saturated carbocycles. The molecule has 0 radical (unpaired) electrons. The van der Waals surface area contributed by atoms with Crippen LogP contribution in [0.4, 0.5) is 0 Å². The number of allylic oxidation sites excluding steroid dienone is 1. The molecule has 0 spiro atoms. The van der Waals surface area contributed by atoms with Gasteiger partial charge >= 0.3 is 5.97 Å². The zero-order valence-corrected chi connectivity index (χ0v) is 20.3. The molecule has 3 heteroatoms. The Labute approximate surface area is 200 Å². The van der Waals surface area contributed by atoms with Crippen molar-refractivity contribution >= 4 is 5.97 Å². The van der Waals surface area contributed by atoms with Crippen LogP contribution in [0.25, 0.3) is 0 Å². The van der Waals surface area contributed by atoms with Crippen molar-refractivity contribution in [2.75, 3.05) is 6.61 Å². The lowest BCUT2D eigenvalue weighted by Crippen LogP contribution is -2.15. The van der Waals surface area contributed by atoms with E-state index in [0.717, 1.165) is 43.3 Å². The SMILES string of the molecule is C=CCCCCOc1ccc(C(=O)Oc2ccc(CCC3CCC(CCC)CC3)cc2)cc1. The minimum absolute atomic E-state index is 0.343. The minimum Gasteiger partial charge on any atom is -0.494 e. The smallest absolute Gasteiger partial charge is 0.343 e. The Hall–Kier alpha value is -2.55. The van der Waals surface area contributed by atoms with Crippen molar-refractivity contribution in [3.05, 3.63) is 72.3 Å². The number of benzene rings is 2. The topological polar surface area (TPSA) is 35.5 Å². The van der Waals surface area contributed by atoms with Gasteiger partial charge < -0.3 is 9.47 Å². The lowest BCUT2D eigenvalue weighted by Gasteiger charge is -2.28. The molecular formula is C30H40O3. The van der Waals surface area contributed by atoms with E-state index in [9.17, 15) is 4.79 Å². The van der Waals surface area contributed by atoms with Gasteiger partial charge in [0.15, 0.2) is 0 Å². The van der Waals surface area contributed by atoms with Gasteiger partial charge in [-0.05, 0) is 85.9 Å². The van der Waals surface area contributed by atoms with Gasteiger partial charge in [-0.15, -0.1) is 6.58 Å². The van der Waals surface area contributed by atoms with Crippen LogP contribution in [-0.2, 0) is 6.42 Å². The quantitative estimate of drug-likeness (QED) is 0.134. The zero-order valence-electron chi connectivity index (χ0n) is 20.3. The summed E-state index contributed by atoms with van der Waals surface area (Å²) in [7, 11) is 0. The fraction of sp³-hybridized carbons (Fsp3) is 0.500. The molecule has 0 bridgehead atoms. The average molecular weight is 449 g/mol. The van der Waals surface area contributed by atoms with Gasteiger partial charge in [-0.3, -0.25) is 0 Å². The summed E-state index contributed by atoms with van der Waals surface area (Å²) in [5.74, 6) is 2.86. The molecule has 3 nitrogen and oxygen atoms in total. The summed E-state index contributed by atoms with van der Waals surface area (Å²) in [6.45, 7) is 6.69. The van der Waals surface area contributed by atoms with Crippen LogP contribution in [0.3, 0.4) is 0 Å². The van der Waals surface area contributed by atoms with Gasteiger partial charge in [0.2, 0.25) is 0 Å². The van der Waals surface area contributed by atoms with Crippen LogP contribution in [0.15, 0.2) is 61.2 Å². The van der Waals surface area contributed by atoms with E-state index in [1.54, 1.807) is 12.1 Å². The van der Waals surface area contributed by atoms with E-state index in [4.69, 9.17) is 9.47 Å². The molecule has 0 aliphatic heterocycles.